The Balaban J connectivity index is 1.49. The summed E-state index contributed by atoms with van der Waals surface area (Å²) in [6.45, 7) is 9.98. The Labute approximate surface area is 173 Å². The Bertz CT molecular complexity index is 793. The molecule has 0 radical (unpaired) electrons. The SMILES string of the molecule is CCN(CC)C(=O)[C@H]1CN(Cc2ccc(-n3ccnc3)cc2)CC12CCOCC2. The molecule has 2 aromatic rings. The Hall–Kier alpha value is -2.18. The molecule has 1 aromatic carbocycles. The van der Waals surface area contributed by atoms with Gasteiger partial charge in [-0.3, -0.25) is 9.69 Å². The van der Waals surface area contributed by atoms with E-state index in [4.69, 9.17) is 4.74 Å². The third kappa shape index (κ3) is 4.09. The first-order valence-corrected chi connectivity index (χ1v) is 10.8. The van der Waals surface area contributed by atoms with Gasteiger partial charge in [0.2, 0.25) is 5.91 Å². The van der Waals surface area contributed by atoms with Crippen LogP contribution in [0.1, 0.15) is 32.3 Å². The van der Waals surface area contributed by atoms with Crippen LogP contribution in [0.3, 0.4) is 0 Å². The third-order valence-electron chi connectivity index (χ3n) is 6.73. The zero-order valence-electron chi connectivity index (χ0n) is 17.6. The second-order valence-corrected chi connectivity index (χ2v) is 8.34. The van der Waals surface area contributed by atoms with Crippen molar-refractivity contribution in [2.24, 2.45) is 11.3 Å². The number of carbonyl (C=O) groups excluding carboxylic acids is 1. The largest absolute Gasteiger partial charge is 0.381 e. The number of imidazole rings is 1. The van der Waals surface area contributed by atoms with Gasteiger partial charge in [-0.2, -0.15) is 0 Å². The van der Waals surface area contributed by atoms with Gasteiger partial charge in [-0.1, -0.05) is 12.1 Å². The summed E-state index contributed by atoms with van der Waals surface area (Å²) in [7, 11) is 0. The van der Waals surface area contributed by atoms with Gasteiger partial charge in [-0.25, -0.2) is 4.98 Å². The monoisotopic (exact) mass is 396 g/mol. The molecule has 29 heavy (non-hydrogen) atoms. The molecule has 3 heterocycles. The molecular weight excluding hydrogens is 364 g/mol. The zero-order valence-corrected chi connectivity index (χ0v) is 17.6. The van der Waals surface area contributed by atoms with Crippen LogP contribution in [-0.4, -0.2) is 64.7 Å². The average Bonchev–Trinajstić information content (AvgIpc) is 3.39. The van der Waals surface area contributed by atoms with Gasteiger partial charge in [0.25, 0.3) is 0 Å². The van der Waals surface area contributed by atoms with Crippen molar-refractivity contribution in [1.82, 2.24) is 19.4 Å². The zero-order chi connectivity index (χ0) is 20.3. The molecule has 156 valence electrons. The van der Waals surface area contributed by atoms with E-state index >= 15 is 0 Å². The van der Waals surface area contributed by atoms with Gasteiger partial charge >= 0.3 is 0 Å². The lowest BCUT2D eigenvalue weighted by molar-refractivity contribution is -0.140. The first-order chi connectivity index (χ1) is 14.1. The molecule has 2 fully saturated rings. The van der Waals surface area contributed by atoms with Gasteiger partial charge in [-0.15, -0.1) is 0 Å². The lowest BCUT2D eigenvalue weighted by Crippen LogP contribution is -2.46. The molecule has 2 aliphatic heterocycles. The minimum Gasteiger partial charge on any atom is -0.381 e. The fourth-order valence-electron chi connectivity index (χ4n) is 5.02. The molecule has 1 spiro atoms. The van der Waals surface area contributed by atoms with E-state index in [0.717, 1.165) is 64.5 Å². The molecule has 4 rings (SSSR count). The van der Waals surface area contributed by atoms with Crippen molar-refractivity contribution < 1.29 is 9.53 Å². The molecule has 0 aliphatic carbocycles. The predicted octanol–water partition coefficient (Wildman–Crippen LogP) is 2.97. The molecule has 6 nitrogen and oxygen atoms in total. The maximum atomic E-state index is 13.3. The highest BCUT2D eigenvalue weighted by molar-refractivity contribution is 5.80. The Morgan fingerprint density at radius 1 is 1.21 bits per heavy atom. The first kappa shape index (κ1) is 20.1. The molecule has 2 aliphatic rings. The van der Waals surface area contributed by atoms with E-state index in [1.54, 1.807) is 6.20 Å². The molecule has 1 amide bonds. The number of hydrogen-bond donors (Lipinski definition) is 0. The summed E-state index contributed by atoms with van der Waals surface area (Å²) in [5, 5.41) is 0. The molecule has 2 saturated heterocycles. The normalized spacial score (nSPS) is 21.5. The summed E-state index contributed by atoms with van der Waals surface area (Å²) in [4.78, 5) is 21.9. The second kappa shape index (κ2) is 8.67. The summed E-state index contributed by atoms with van der Waals surface area (Å²) in [6.07, 6.45) is 7.53. The van der Waals surface area contributed by atoms with Crippen molar-refractivity contribution in [2.75, 3.05) is 39.4 Å². The van der Waals surface area contributed by atoms with E-state index in [9.17, 15) is 4.79 Å². The number of ether oxygens (including phenoxy) is 1. The smallest absolute Gasteiger partial charge is 0.227 e. The van der Waals surface area contributed by atoms with Crippen LogP contribution in [0.4, 0.5) is 0 Å². The second-order valence-electron chi connectivity index (χ2n) is 8.34. The Morgan fingerprint density at radius 2 is 1.93 bits per heavy atom. The number of carbonyl (C=O) groups is 1. The van der Waals surface area contributed by atoms with E-state index < -0.39 is 0 Å². The van der Waals surface area contributed by atoms with Gasteiger partial charge in [0.05, 0.1) is 12.2 Å². The third-order valence-corrected chi connectivity index (χ3v) is 6.73. The highest BCUT2D eigenvalue weighted by Crippen LogP contribution is 2.45. The van der Waals surface area contributed by atoms with Crippen molar-refractivity contribution in [3.8, 4) is 5.69 Å². The van der Waals surface area contributed by atoms with Crippen molar-refractivity contribution >= 4 is 5.91 Å². The quantitative estimate of drug-likeness (QED) is 0.753. The molecule has 0 saturated carbocycles. The number of benzene rings is 1. The van der Waals surface area contributed by atoms with Crippen LogP contribution in [0.25, 0.3) is 5.69 Å². The fourth-order valence-corrected chi connectivity index (χ4v) is 5.02. The molecule has 6 heteroatoms. The average molecular weight is 397 g/mol. The summed E-state index contributed by atoms with van der Waals surface area (Å²) in [6, 6.07) is 8.64. The Kier molecular flexibility index (Phi) is 6.01. The van der Waals surface area contributed by atoms with Gasteiger partial charge in [0.1, 0.15) is 0 Å². The van der Waals surface area contributed by atoms with Crippen molar-refractivity contribution in [2.45, 2.75) is 33.2 Å². The van der Waals surface area contributed by atoms with Gasteiger partial charge in [-0.05, 0) is 44.4 Å². The lowest BCUT2D eigenvalue weighted by Gasteiger charge is -2.39. The van der Waals surface area contributed by atoms with E-state index in [2.05, 4.69) is 48.0 Å². The van der Waals surface area contributed by atoms with E-state index in [1.165, 1.54) is 5.56 Å². The number of likely N-dealkylation sites (tertiary alicyclic amines) is 1. The van der Waals surface area contributed by atoms with Crippen LogP contribution in [-0.2, 0) is 16.1 Å². The van der Waals surface area contributed by atoms with Crippen LogP contribution in [0, 0.1) is 11.3 Å². The number of hydrogen-bond acceptors (Lipinski definition) is 4. The standard InChI is InChI=1S/C23H32N4O2/c1-3-26(4-2)22(28)21-16-25(17-23(21)9-13-29-14-10-23)15-19-5-7-20(8-6-19)27-12-11-24-18-27/h5-8,11-12,18,21H,3-4,9-10,13-17H2,1-2H3/t21-/m1/s1. The lowest BCUT2D eigenvalue weighted by atomic mass is 9.71. The van der Waals surface area contributed by atoms with Gasteiger partial charge in [0, 0.05) is 69.4 Å². The molecule has 1 aromatic heterocycles. The molecule has 1 atom stereocenters. The molecule has 0 unspecified atom stereocenters. The van der Waals surface area contributed by atoms with Crippen LogP contribution in [0.2, 0.25) is 0 Å². The number of aromatic nitrogens is 2. The molecular formula is C23H32N4O2. The highest BCUT2D eigenvalue weighted by Gasteiger charge is 2.51. The minimum atomic E-state index is 0.0642. The van der Waals surface area contributed by atoms with E-state index in [1.807, 2.05) is 22.0 Å². The number of amides is 1. The maximum Gasteiger partial charge on any atom is 0.227 e. The van der Waals surface area contributed by atoms with E-state index in [0.29, 0.717) is 5.91 Å². The fraction of sp³-hybridized carbons (Fsp3) is 0.565. The van der Waals surface area contributed by atoms with Crippen molar-refractivity contribution in [1.29, 1.82) is 0 Å². The summed E-state index contributed by atoms with van der Waals surface area (Å²) < 4.78 is 7.66. The number of rotatable bonds is 6. The van der Waals surface area contributed by atoms with Crippen LogP contribution < -0.4 is 0 Å². The summed E-state index contributed by atoms with van der Waals surface area (Å²) >= 11 is 0. The predicted molar refractivity (Wildman–Crippen MR) is 113 cm³/mol. The Morgan fingerprint density at radius 3 is 2.55 bits per heavy atom. The summed E-state index contributed by atoms with van der Waals surface area (Å²) in [5.74, 6) is 0.409. The highest BCUT2D eigenvalue weighted by atomic mass is 16.5. The number of nitrogens with zero attached hydrogens (tertiary/aromatic N) is 4. The first-order valence-electron chi connectivity index (χ1n) is 10.8. The van der Waals surface area contributed by atoms with Gasteiger partial charge < -0.3 is 14.2 Å². The van der Waals surface area contributed by atoms with Crippen LogP contribution in [0.15, 0.2) is 43.0 Å². The van der Waals surface area contributed by atoms with Crippen molar-refractivity contribution in [3.05, 3.63) is 48.5 Å². The van der Waals surface area contributed by atoms with E-state index in [-0.39, 0.29) is 11.3 Å². The summed E-state index contributed by atoms with van der Waals surface area (Å²) in [5.41, 5.74) is 2.46. The molecule has 0 N–H and O–H groups in total. The van der Waals surface area contributed by atoms with Crippen LogP contribution in [0.5, 0.6) is 0 Å². The van der Waals surface area contributed by atoms with Gasteiger partial charge in [0.15, 0.2) is 0 Å². The minimum absolute atomic E-state index is 0.0642. The van der Waals surface area contributed by atoms with Crippen molar-refractivity contribution in [3.63, 3.8) is 0 Å². The molecule has 0 bridgehead atoms. The van der Waals surface area contributed by atoms with Crippen LogP contribution >= 0.6 is 0 Å². The maximum absolute atomic E-state index is 13.3. The topological polar surface area (TPSA) is 50.6 Å².